The zero-order valence-corrected chi connectivity index (χ0v) is 11.4. The van der Waals surface area contributed by atoms with Gasteiger partial charge < -0.3 is 5.32 Å². The van der Waals surface area contributed by atoms with Crippen LogP contribution in [0.15, 0.2) is 42.5 Å². The van der Waals surface area contributed by atoms with Crippen LogP contribution in [-0.2, 0) is 6.54 Å². The van der Waals surface area contributed by atoms with Crippen molar-refractivity contribution in [1.82, 2.24) is 5.32 Å². The molecule has 1 heteroatoms. The highest BCUT2D eigenvalue weighted by Crippen LogP contribution is 2.15. The molecule has 0 aliphatic carbocycles. The van der Waals surface area contributed by atoms with Crippen LogP contribution in [0, 0.1) is 5.92 Å². The number of hydrogen-bond donors (Lipinski definition) is 1. The number of fused-ring (bicyclic) bond motifs is 1. The Labute approximate surface area is 110 Å². The van der Waals surface area contributed by atoms with Crippen molar-refractivity contribution in [3.05, 3.63) is 48.0 Å². The lowest BCUT2D eigenvalue weighted by Gasteiger charge is -2.07. The molecule has 0 saturated carbocycles. The minimum atomic E-state index is 0.812. The van der Waals surface area contributed by atoms with Crippen LogP contribution in [0.25, 0.3) is 10.8 Å². The van der Waals surface area contributed by atoms with Gasteiger partial charge in [0.15, 0.2) is 0 Å². The van der Waals surface area contributed by atoms with Crippen molar-refractivity contribution in [3.8, 4) is 0 Å². The summed E-state index contributed by atoms with van der Waals surface area (Å²) in [6.07, 6.45) is 2.58. The van der Waals surface area contributed by atoms with Gasteiger partial charge in [-0.15, -0.1) is 0 Å². The first-order chi connectivity index (χ1) is 8.75. The van der Waals surface area contributed by atoms with Gasteiger partial charge in [-0.25, -0.2) is 0 Å². The van der Waals surface area contributed by atoms with Gasteiger partial charge in [-0.2, -0.15) is 0 Å². The predicted octanol–water partition coefficient (Wildman–Crippen LogP) is 4.37. The van der Waals surface area contributed by atoms with E-state index in [1.807, 2.05) is 0 Å². The van der Waals surface area contributed by atoms with Crippen molar-refractivity contribution in [1.29, 1.82) is 0 Å². The van der Waals surface area contributed by atoms with Crippen molar-refractivity contribution in [2.75, 3.05) is 6.54 Å². The molecule has 0 fully saturated rings. The summed E-state index contributed by atoms with van der Waals surface area (Å²) in [7, 11) is 0. The lowest BCUT2D eigenvalue weighted by atomic mass is 10.1. The molecular weight excluding hydrogens is 218 g/mol. The third-order valence-corrected chi connectivity index (χ3v) is 3.28. The third kappa shape index (κ3) is 3.85. The molecule has 0 aliphatic heterocycles. The van der Waals surface area contributed by atoms with Crippen LogP contribution in [0.1, 0.15) is 32.3 Å². The summed E-state index contributed by atoms with van der Waals surface area (Å²) < 4.78 is 0. The number of hydrogen-bond acceptors (Lipinski definition) is 1. The van der Waals surface area contributed by atoms with Gasteiger partial charge in [0, 0.05) is 6.54 Å². The minimum absolute atomic E-state index is 0.812. The maximum atomic E-state index is 3.52. The Kier molecular flexibility index (Phi) is 4.77. The SMILES string of the molecule is CC(C)CCCNCc1ccc2ccccc2c1. The van der Waals surface area contributed by atoms with Gasteiger partial charge in [-0.1, -0.05) is 50.2 Å². The van der Waals surface area contributed by atoms with E-state index in [0.29, 0.717) is 0 Å². The topological polar surface area (TPSA) is 12.0 Å². The monoisotopic (exact) mass is 241 g/mol. The van der Waals surface area contributed by atoms with Crippen LogP contribution >= 0.6 is 0 Å². The number of nitrogens with one attached hydrogen (secondary N) is 1. The summed E-state index contributed by atoms with van der Waals surface area (Å²) >= 11 is 0. The summed E-state index contributed by atoms with van der Waals surface area (Å²) in [5.74, 6) is 0.812. The molecule has 18 heavy (non-hydrogen) atoms. The Morgan fingerprint density at radius 1 is 1.00 bits per heavy atom. The van der Waals surface area contributed by atoms with E-state index in [0.717, 1.165) is 19.0 Å². The summed E-state index contributed by atoms with van der Waals surface area (Å²) in [6.45, 7) is 6.65. The highest BCUT2D eigenvalue weighted by molar-refractivity contribution is 5.82. The molecule has 0 aliphatic rings. The number of rotatable bonds is 6. The molecule has 1 N–H and O–H groups in total. The van der Waals surface area contributed by atoms with Crippen molar-refractivity contribution in [2.45, 2.75) is 33.2 Å². The molecule has 0 radical (unpaired) electrons. The van der Waals surface area contributed by atoms with Crippen molar-refractivity contribution in [3.63, 3.8) is 0 Å². The average Bonchev–Trinajstić information content (AvgIpc) is 2.38. The lowest BCUT2D eigenvalue weighted by molar-refractivity contribution is 0.527. The minimum Gasteiger partial charge on any atom is -0.313 e. The van der Waals surface area contributed by atoms with Crippen LogP contribution in [0.4, 0.5) is 0 Å². The molecule has 2 aromatic carbocycles. The van der Waals surface area contributed by atoms with Crippen LogP contribution < -0.4 is 5.32 Å². The Balaban J connectivity index is 1.84. The molecule has 2 aromatic rings. The number of benzene rings is 2. The molecule has 0 amide bonds. The summed E-state index contributed by atoms with van der Waals surface area (Å²) in [6, 6.07) is 15.2. The molecule has 2 rings (SSSR count). The first-order valence-electron chi connectivity index (χ1n) is 6.94. The molecule has 0 bridgehead atoms. The summed E-state index contributed by atoms with van der Waals surface area (Å²) in [4.78, 5) is 0. The van der Waals surface area contributed by atoms with Crippen molar-refractivity contribution in [2.24, 2.45) is 5.92 Å². The second-order valence-corrected chi connectivity index (χ2v) is 5.39. The van der Waals surface area contributed by atoms with E-state index in [1.165, 1.54) is 29.2 Å². The highest BCUT2D eigenvalue weighted by atomic mass is 14.8. The van der Waals surface area contributed by atoms with E-state index < -0.39 is 0 Å². The Morgan fingerprint density at radius 2 is 1.78 bits per heavy atom. The molecule has 96 valence electrons. The van der Waals surface area contributed by atoms with Crippen molar-refractivity contribution >= 4 is 10.8 Å². The fraction of sp³-hybridized carbons (Fsp3) is 0.412. The molecule has 1 nitrogen and oxygen atoms in total. The van der Waals surface area contributed by atoms with Gasteiger partial charge >= 0.3 is 0 Å². The van der Waals surface area contributed by atoms with Gasteiger partial charge in [0.2, 0.25) is 0 Å². The Bertz CT molecular complexity index is 488. The summed E-state index contributed by atoms with van der Waals surface area (Å²) in [5.41, 5.74) is 1.37. The standard InChI is InChI=1S/C17H23N/c1-14(2)6-5-11-18-13-15-9-10-16-7-3-4-8-17(16)12-15/h3-4,7-10,12,14,18H,5-6,11,13H2,1-2H3. The second-order valence-electron chi connectivity index (χ2n) is 5.39. The Morgan fingerprint density at radius 3 is 2.56 bits per heavy atom. The van der Waals surface area contributed by atoms with E-state index in [-0.39, 0.29) is 0 Å². The van der Waals surface area contributed by atoms with Crippen LogP contribution in [-0.4, -0.2) is 6.54 Å². The quantitative estimate of drug-likeness (QED) is 0.741. The predicted molar refractivity (Wildman–Crippen MR) is 79.7 cm³/mol. The normalized spacial score (nSPS) is 11.3. The largest absolute Gasteiger partial charge is 0.313 e. The molecule has 0 unspecified atom stereocenters. The molecule has 0 atom stereocenters. The van der Waals surface area contributed by atoms with Crippen LogP contribution in [0.2, 0.25) is 0 Å². The highest BCUT2D eigenvalue weighted by Gasteiger charge is 1.97. The van der Waals surface area contributed by atoms with E-state index in [4.69, 9.17) is 0 Å². The van der Waals surface area contributed by atoms with Gasteiger partial charge in [0.25, 0.3) is 0 Å². The molecule has 0 aromatic heterocycles. The average molecular weight is 241 g/mol. The fourth-order valence-corrected chi connectivity index (χ4v) is 2.22. The van der Waals surface area contributed by atoms with Crippen molar-refractivity contribution < 1.29 is 0 Å². The molecule has 0 heterocycles. The first-order valence-corrected chi connectivity index (χ1v) is 6.94. The van der Waals surface area contributed by atoms with Crippen LogP contribution in [0.3, 0.4) is 0 Å². The molecule has 0 saturated heterocycles. The smallest absolute Gasteiger partial charge is 0.0205 e. The fourth-order valence-electron chi connectivity index (χ4n) is 2.22. The van der Waals surface area contributed by atoms with Crippen LogP contribution in [0.5, 0.6) is 0 Å². The zero-order chi connectivity index (χ0) is 12.8. The maximum Gasteiger partial charge on any atom is 0.0205 e. The molecular formula is C17H23N. The molecule has 0 spiro atoms. The van der Waals surface area contributed by atoms with Gasteiger partial charge in [0.05, 0.1) is 0 Å². The zero-order valence-electron chi connectivity index (χ0n) is 11.4. The third-order valence-electron chi connectivity index (χ3n) is 3.28. The van der Waals surface area contributed by atoms with Gasteiger partial charge in [-0.3, -0.25) is 0 Å². The summed E-state index contributed by atoms with van der Waals surface area (Å²) in [5, 5.41) is 6.17. The maximum absolute atomic E-state index is 3.52. The Hall–Kier alpha value is -1.34. The first kappa shape index (κ1) is 13.1. The lowest BCUT2D eigenvalue weighted by Crippen LogP contribution is -2.15. The van der Waals surface area contributed by atoms with Gasteiger partial charge in [-0.05, 0) is 47.7 Å². The van der Waals surface area contributed by atoms with Gasteiger partial charge in [0.1, 0.15) is 0 Å². The van der Waals surface area contributed by atoms with E-state index in [2.05, 4.69) is 61.6 Å². The van der Waals surface area contributed by atoms with E-state index in [9.17, 15) is 0 Å². The van der Waals surface area contributed by atoms with E-state index >= 15 is 0 Å². The second kappa shape index (κ2) is 6.55. The van der Waals surface area contributed by atoms with E-state index in [1.54, 1.807) is 0 Å².